The molecule has 1 aromatic heterocycles. The lowest BCUT2D eigenvalue weighted by Gasteiger charge is -2.24. The Morgan fingerprint density at radius 3 is 2.76 bits per heavy atom. The van der Waals surface area contributed by atoms with Crippen molar-refractivity contribution in [1.29, 1.82) is 0 Å². The van der Waals surface area contributed by atoms with Gasteiger partial charge in [-0.2, -0.15) is 4.31 Å². The lowest BCUT2D eigenvalue weighted by Crippen LogP contribution is -2.36. The number of rotatable bonds is 6. The number of pyridine rings is 1. The zero-order valence-electron chi connectivity index (χ0n) is 12.4. The Kier molecular flexibility index (Phi) is 4.92. The first-order chi connectivity index (χ1) is 10.0. The minimum absolute atomic E-state index is 0.122. The first kappa shape index (κ1) is 15.9. The molecule has 2 N–H and O–H groups in total. The van der Waals surface area contributed by atoms with E-state index in [1.165, 1.54) is 4.31 Å². The molecule has 0 aliphatic carbocycles. The predicted octanol–water partition coefficient (Wildman–Crippen LogP) is 1.84. The molecule has 1 heterocycles. The molecule has 1 unspecified atom stereocenters. The Morgan fingerprint density at radius 1 is 1.33 bits per heavy atom. The summed E-state index contributed by atoms with van der Waals surface area (Å²) in [5.74, 6) is 0.122. The van der Waals surface area contributed by atoms with Gasteiger partial charge in [-0.05, 0) is 24.6 Å². The Morgan fingerprint density at radius 2 is 2.10 bits per heavy atom. The van der Waals surface area contributed by atoms with Crippen LogP contribution in [0.2, 0.25) is 0 Å². The van der Waals surface area contributed by atoms with E-state index in [0.717, 1.165) is 5.39 Å². The molecule has 0 bridgehead atoms. The highest BCUT2D eigenvalue weighted by Crippen LogP contribution is 2.25. The Bertz CT molecular complexity index is 710. The smallest absolute Gasteiger partial charge is 0.243 e. The molecule has 1 aromatic carbocycles. The molecule has 2 rings (SSSR count). The second-order valence-corrected chi connectivity index (χ2v) is 7.06. The van der Waals surface area contributed by atoms with Crippen molar-refractivity contribution in [3.63, 3.8) is 0 Å². The van der Waals surface area contributed by atoms with E-state index in [-0.39, 0.29) is 5.92 Å². The fraction of sp³-hybridized carbons (Fsp3) is 0.400. The third-order valence-electron chi connectivity index (χ3n) is 3.53. The number of hydrogen-bond donors (Lipinski definition) is 1. The third-order valence-corrected chi connectivity index (χ3v) is 5.53. The first-order valence-corrected chi connectivity index (χ1v) is 8.47. The fourth-order valence-corrected chi connectivity index (χ4v) is 4.06. The quantitative estimate of drug-likeness (QED) is 0.883. The summed E-state index contributed by atoms with van der Waals surface area (Å²) in [6, 6.07) is 6.99. The van der Waals surface area contributed by atoms with Crippen molar-refractivity contribution >= 4 is 20.8 Å². The summed E-state index contributed by atoms with van der Waals surface area (Å²) in [6.07, 6.45) is 3.29. The van der Waals surface area contributed by atoms with Gasteiger partial charge in [0.05, 0.1) is 4.90 Å². The van der Waals surface area contributed by atoms with Gasteiger partial charge in [-0.3, -0.25) is 4.98 Å². The van der Waals surface area contributed by atoms with Gasteiger partial charge in [0.15, 0.2) is 0 Å². The number of hydrogen-bond acceptors (Lipinski definition) is 4. The van der Waals surface area contributed by atoms with Crippen molar-refractivity contribution in [2.75, 3.05) is 19.6 Å². The minimum atomic E-state index is -3.53. The standard InChI is InChI=1S/C15H21N3O2S/c1-3-18(11-12(2)9-16)21(19,20)15-6-4-5-13-10-17-8-7-14(13)15/h4-8,10,12H,3,9,11,16H2,1-2H3. The average molecular weight is 307 g/mol. The second-order valence-electron chi connectivity index (χ2n) is 5.15. The summed E-state index contributed by atoms with van der Waals surface area (Å²) < 4.78 is 27.3. The summed E-state index contributed by atoms with van der Waals surface area (Å²) >= 11 is 0. The molecule has 5 nitrogen and oxygen atoms in total. The molecule has 6 heteroatoms. The van der Waals surface area contributed by atoms with E-state index < -0.39 is 10.0 Å². The van der Waals surface area contributed by atoms with Crippen LogP contribution in [0.25, 0.3) is 10.8 Å². The van der Waals surface area contributed by atoms with Gasteiger partial charge in [-0.15, -0.1) is 0 Å². The summed E-state index contributed by atoms with van der Waals surface area (Å²) in [5.41, 5.74) is 5.62. The number of fused-ring (bicyclic) bond motifs is 1. The molecule has 0 saturated heterocycles. The molecule has 2 aromatic rings. The van der Waals surface area contributed by atoms with Gasteiger partial charge < -0.3 is 5.73 Å². The van der Waals surface area contributed by atoms with Gasteiger partial charge in [-0.1, -0.05) is 26.0 Å². The Hall–Kier alpha value is -1.50. The summed E-state index contributed by atoms with van der Waals surface area (Å²) in [4.78, 5) is 4.37. The van der Waals surface area contributed by atoms with E-state index in [4.69, 9.17) is 5.73 Å². The van der Waals surface area contributed by atoms with Crippen LogP contribution in [0.4, 0.5) is 0 Å². The van der Waals surface area contributed by atoms with Gasteiger partial charge in [-0.25, -0.2) is 8.42 Å². The van der Waals surface area contributed by atoms with Crippen molar-refractivity contribution in [3.05, 3.63) is 36.7 Å². The number of sulfonamides is 1. The lowest BCUT2D eigenvalue weighted by molar-refractivity contribution is 0.371. The molecule has 0 fully saturated rings. The van der Waals surface area contributed by atoms with Crippen molar-refractivity contribution in [2.45, 2.75) is 18.7 Å². The molecule has 0 aliphatic heterocycles. The van der Waals surface area contributed by atoms with E-state index in [2.05, 4.69) is 4.98 Å². The van der Waals surface area contributed by atoms with Crippen LogP contribution in [-0.2, 0) is 10.0 Å². The monoisotopic (exact) mass is 307 g/mol. The van der Waals surface area contributed by atoms with Crippen LogP contribution in [0.5, 0.6) is 0 Å². The molecular formula is C15H21N3O2S. The molecule has 0 radical (unpaired) electrons. The van der Waals surface area contributed by atoms with Gasteiger partial charge in [0.1, 0.15) is 0 Å². The predicted molar refractivity (Wildman–Crippen MR) is 84.4 cm³/mol. The molecule has 1 atom stereocenters. The highest BCUT2D eigenvalue weighted by molar-refractivity contribution is 7.89. The van der Waals surface area contributed by atoms with E-state index in [0.29, 0.717) is 29.9 Å². The number of nitrogens with zero attached hydrogens (tertiary/aromatic N) is 2. The molecule has 0 spiro atoms. The van der Waals surface area contributed by atoms with Crippen LogP contribution in [-0.4, -0.2) is 37.3 Å². The molecule has 114 valence electrons. The highest BCUT2D eigenvalue weighted by atomic mass is 32.2. The van der Waals surface area contributed by atoms with Gasteiger partial charge >= 0.3 is 0 Å². The lowest BCUT2D eigenvalue weighted by atomic mass is 10.2. The maximum atomic E-state index is 12.9. The minimum Gasteiger partial charge on any atom is -0.330 e. The van der Waals surface area contributed by atoms with Crippen molar-refractivity contribution in [3.8, 4) is 0 Å². The third kappa shape index (κ3) is 3.23. The molecule has 0 amide bonds. The fourth-order valence-electron chi connectivity index (χ4n) is 2.28. The van der Waals surface area contributed by atoms with E-state index in [1.54, 1.807) is 30.6 Å². The average Bonchev–Trinajstić information content (AvgIpc) is 2.51. The van der Waals surface area contributed by atoms with Crippen molar-refractivity contribution in [2.24, 2.45) is 11.7 Å². The normalized spacial score (nSPS) is 13.7. The molecule has 21 heavy (non-hydrogen) atoms. The van der Waals surface area contributed by atoms with E-state index in [1.807, 2.05) is 19.9 Å². The zero-order valence-corrected chi connectivity index (χ0v) is 13.2. The maximum Gasteiger partial charge on any atom is 0.243 e. The van der Waals surface area contributed by atoms with Gasteiger partial charge in [0.2, 0.25) is 10.0 Å². The van der Waals surface area contributed by atoms with Crippen LogP contribution in [0.3, 0.4) is 0 Å². The van der Waals surface area contributed by atoms with Crippen molar-refractivity contribution < 1.29 is 8.42 Å². The van der Waals surface area contributed by atoms with Crippen LogP contribution >= 0.6 is 0 Å². The number of aromatic nitrogens is 1. The maximum absolute atomic E-state index is 12.9. The number of nitrogens with two attached hydrogens (primary N) is 1. The topological polar surface area (TPSA) is 76.3 Å². The largest absolute Gasteiger partial charge is 0.330 e. The van der Waals surface area contributed by atoms with Crippen molar-refractivity contribution in [1.82, 2.24) is 9.29 Å². The molecular weight excluding hydrogens is 286 g/mol. The van der Waals surface area contributed by atoms with E-state index >= 15 is 0 Å². The van der Waals surface area contributed by atoms with Gasteiger partial charge in [0, 0.05) is 36.3 Å². The van der Waals surface area contributed by atoms with Crippen LogP contribution < -0.4 is 5.73 Å². The van der Waals surface area contributed by atoms with Crippen LogP contribution in [0.1, 0.15) is 13.8 Å². The van der Waals surface area contributed by atoms with E-state index in [9.17, 15) is 8.42 Å². The summed E-state index contributed by atoms with van der Waals surface area (Å²) in [7, 11) is -3.53. The second kappa shape index (κ2) is 6.51. The number of benzene rings is 1. The van der Waals surface area contributed by atoms with Crippen LogP contribution in [0.15, 0.2) is 41.6 Å². The van der Waals surface area contributed by atoms with Gasteiger partial charge in [0.25, 0.3) is 0 Å². The summed E-state index contributed by atoms with van der Waals surface area (Å²) in [5, 5.41) is 1.52. The Balaban J connectivity index is 2.50. The molecule has 0 saturated carbocycles. The van der Waals surface area contributed by atoms with Crippen LogP contribution in [0, 0.1) is 5.92 Å². The summed E-state index contributed by atoms with van der Waals surface area (Å²) in [6.45, 7) is 5.11. The Labute approximate surface area is 125 Å². The molecule has 0 aliphatic rings. The zero-order chi connectivity index (χ0) is 15.5. The first-order valence-electron chi connectivity index (χ1n) is 7.03. The SMILES string of the molecule is CCN(CC(C)CN)S(=O)(=O)c1cccc2cnccc12. The highest BCUT2D eigenvalue weighted by Gasteiger charge is 2.25.